The molecule has 0 aliphatic heterocycles. The number of rotatable bonds is 4. The summed E-state index contributed by atoms with van der Waals surface area (Å²) in [4.78, 5) is 0. The maximum Gasteiger partial charge on any atom is -0.00391 e. The van der Waals surface area contributed by atoms with Gasteiger partial charge in [0.1, 0.15) is 0 Å². The third kappa shape index (κ3) is 3.55. The number of allylic oxidation sites excluding steroid dienone is 1. The molecule has 33 heavy (non-hydrogen) atoms. The minimum atomic E-state index is 0.509. The lowest BCUT2D eigenvalue weighted by Gasteiger charge is -2.57. The molecular weight excluding hydrogens is 396 g/mol. The Morgan fingerprint density at radius 2 is 1.45 bits per heavy atom. The van der Waals surface area contributed by atoms with E-state index in [1.165, 1.54) is 106 Å². The molecule has 6 aliphatic rings. The van der Waals surface area contributed by atoms with Gasteiger partial charge in [0.05, 0.1) is 0 Å². The van der Waals surface area contributed by atoms with Crippen LogP contribution in [0.2, 0.25) is 0 Å². The second-order valence-corrected chi connectivity index (χ2v) is 12.8. The van der Waals surface area contributed by atoms with E-state index < -0.39 is 0 Å². The van der Waals surface area contributed by atoms with Crippen molar-refractivity contribution in [3.05, 3.63) is 64.2 Å². The van der Waals surface area contributed by atoms with Gasteiger partial charge in [0.25, 0.3) is 0 Å². The fourth-order valence-electron chi connectivity index (χ4n) is 9.27. The molecule has 5 saturated carbocycles. The molecule has 0 atom stereocenters. The zero-order valence-electron chi connectivity index (χ0n) is 20.5. The first-order chi connectivity index (χ1) is 16.1. The predicted octanol–water partition coefficient (Wildman–Crippen LogP) is 9.04. The van der Waals surface area contributed by atoms with Crippen LogP contribution in [-0.2, 0) is 11.8 Å². The largest absolute Gasteiger partial charge is 0.0649 e. The zero-order chi connectivity index (χ0) is 22.0. The van der Waals surface area contributed by atoms with Crippen molar-refractivity contribution in [2.45, 2.75) is 95.8 Å². The Hall–Kier alpha value is -1.82. The van der Waals surface area contributed by atoms with Crippen LogP contribution in [0, 0.1) is 30.6 Å². The average molecular weight is 437 g/mol. The molecular formula is C33H40. The number of fused-ring (bicyclic) bond motifs is 1. The van der Waals surface area contributed by atoms with E-state index in [1.54, 1.807) is 16.7 Å². The molecule has 0 saturated heterocycles. The lowest BCUT2D eigenvalue weighted by molar-refractivity contribution is -0.00518. The summed E-state index contributed by atoms with van der Waals surface area (Å²) in [6.45, 7) is 2.32. The van der Waals surface area contributed by atoms with E-state index in [1.807, 2.05) is 0 Å². The molecule has 2 aromatic carbocycles. The number of hydrogen-bond acceptors (Lipinski definition) is 0. The summed E-state index contributed by atoms with van der Waals surface area (Å²) < 4.78 is 0. The molecule has 172 valence electrons. The van der Waals surface area contributed by atoms with E-state index in [0.717, 1.165) is 23.7 Å². The molecule has 2 aromatic rings. The highest BCUT2D eigenvalue weighted by atomic mass is 14.6. The van der Waals surface area contributed by atoms with Gasteiger partial charge in [-0.25, -0.2) is 0 Å². The zero-order valence-corrected chi connectivity index (χ0v) is 20.5. The fourth-order valence-corrected chi connectivity index (χ4v) is 9.27. The summed E-state index contributed by atoms with van der Waals surface area (Å²) >= 11 is 0. The summed E-state index contributed by atoms with van der Waals surface area (Å²) in [5.41, 5.74) is 11.4. The molecule has 0 nitrogen and oxygen atoms in total. The van der Waals surface area contributed by atoms with Gasteiger partial charge in [-0.1, -0.05) is 80.2 Å². The molecule has 0 unspecified atom stereocenters. The Labute approximate surface area is 200 Å². The second kappa shape index (κ2) is 7.86. The SMILES string of the molecule is Cc1ccc(-c2ccc(C34CC5CC(CC(C5)C3)C4)cc2)c2c1CC(CC1CCCCC1)=C2. The summed E-state index contributed by atoms with van der Waals surface area (Å²) in [5.74, 6) is 3.99. The molecule has 5 fully saturated rings. The lowest BCUT2D eigenvalue weighted by atomic mass is 9.48. The van der Waals surface area contributed by atoms with Crippen molar-refractivity contribution in [2.75, 3.05) is 0 Å². The van der Waals surface area contributed by atoms with E-state index in [2.05, 4.69) is 49.4 Å². The van der Waals surface area contributed by atoms with Crippen molar-refractivity contribution in [3.8, 4) is 11.1 Å². The number of aryl methyl sites for hydroxylation is 1. The van der Waals surface area contributed by atoms with E-state index in [4.69, 9.17) is 0 Å². The Bertz CT molecular complexity index is 1040. The minimum Gasteiger partial charge on any atom is -0.0649 e. The molecule has 4 bridgehead atoms. The quantitative estimate of drug-likeness (QED) is 0.448. The van der Waals surface area contributed by atoms with Gasteiger partial charge < -0.3 is 0 Å². The van der Waals surface area contributed by atoms with Gasteiger partial charge in [0.15, 0.2) is 0 Å². The normalized spacial score (nSPS) is 32.8. The molecule has 0 amide bonds. The highest BCUT2D eigenvalue weighted by Crippen LogP contribution is 2.60. The van der Waals surface area contributed by atoms with Crippen molar-refractivity contribution >= 4 is 6.08 Å². The van der Waals surface area contributed by atoms with E-state index >= 15 is 0 Å². The smallest absolute Gasteiger partial charge is 0.00391 e. The van der Waals surface area contributed by atoms with Crippen LogP contribution < -0.4 is 0 Å². The van der Waals surface area contributed by atoms with E-state index in [9.17, 15) is 0 Å². The average Bonchev–Trinajstić information content (AvgIpc) is 3.24. The third-order valence-corrected chi connectivity index (χ3v) is 10.5. The van der Waals surface area contributed by atoms with Gasteiger partial charge in [0, 0.05) is 0 Å². The van der Waals surface area contributed by atoms with Crippen molar-refractivity contribution in [2.24, 2.45) is 23.7 Å². The van der Waals surface area contributed by atoms with Crippen LogP contribution >= 0.6 is 0 Å². The Balaban J connectivity index is 1.17. The highest BCUT2D eigenvalue weighted by molar-refractivity contribution is 5.81. The van der Waals surface area contributed by atoms with Crippen LogP contribution in [0.25, 0.3) is 17.2 Å². The van der Waals surface area contributed by atoms with Gasteiger partial charge in [-0.15, -0.1) is 0 Å². The van der Waals surface area contributed by atoms with Crippen molar-refractivity contribution in [1.29, 1.82) is 0 Å². The van der Waals surface area contributed by atoms with Crippen LogP contribution in [-0.4, -0.2) is 0 Å². The molecule has 0 aromatic heterocycles. The maximum absolute atomic E-state index is 2.58. The lowest BCUT2D eigenvalue weighted by Crippen LogP contribution is -2.48. The van der Waals surface area contributed by atoms with Crippen molar-refractivity contribution in [1.82, 2.24) is 0 Å². The Kier molecular flexibility index (Phi) is 4.89. The molecule has 6 aliphatic carbocycles. The second-order valence-electron chi connectivity index (χ2n) is 12.8. The summed E-state index contributed by atoms with van der Waals surface area (Å²) in [7, 11) is 0. The summed E-state index contributed by atoms with van der Waals surface area (Å²) in [6.07, 6.45) is 21.3. The van der Waals surface area contributed by atoms with Crippen molar-refractivity contribution < 1.29 is 0 Å². The first-order valence-corrected chi connectivity index (χ1v) is 14.1. The fraction of sp³-hybridized carbons (Fsp3) is 0.576. The van der Waals surface area contributed by atoms with Gasteiger partial charge in [-0.05, 0) is 121 Å². The van der Waals surface area contributed by atoms with E-state index in [-0.39, 0.29) is 0 Å². The molecule has 0 heteroatoms. The van der Waals surface area contributed by atoms with E-state index in [0.29, 0.717) is 5.41 Å². The van der Waals surface area contributed by atoms with Crippen molar-refractivity contribution in [3.63, 3.8) is 0 Å². The summed E-state index contributed by atoms with van der Waals surface area (Å²) in [6, 6.07) is 14.7. The number of benzene rings is 2. The minimum absolute atomic E-state index is 0.509. The Morgan fingerprint density at radius 3 is 2.12 bits per heavy atom. The number of hydrogen-bond donors (Lipinski definition) is 0. The molecule has 0 N–H and O–H groups in total. The van der Waals surface area contributed by atoms with Crippen LogP contribution in [0.3, 0.4) is 0 Å². The van der Waals surface area contributed by atoms with Gasteiger partial charge in [-0.2, -0.15) is 0 Å². The molecule has 0 heterocycles. The topological polar surface area (TPSA) is 0 Å². The monoisotopic (exact) mass is 436 g/mol. The molecule has 8 rings (SSSR count). The highest BCUT2D eigenvalue weighted by Gasteiger charge is 2.51. The van der Waals surface area contributed by atoms with Gasteiger partial charge in [-0.3, -0.25) is 0 Å². The van der Waals surface area contributed by atoms with Gasteiger partial charge in [0.2, 0.25) is 0 Å². The molecule has 0 radical (unpaired) electrons. The Morgan fingerprint density at radius 1 is 0.788 bits per heavy atom. The van der Waals surface area contributed by atoms with Crippen LogP contribution in [0.4, 0.5) is 0 Å². The van der Waals surface area contributed by atoms with Crippen LogP contribution in [0.15, 0.2) is 42.0 Å². The standard InChI is InChI=1S/C33H40/c1-22-7-12-30(32-18-24(17-31(22)32)13-23-5-3-2-4-6-23)28-8-10-29(11-9-28)33-19-25-14-26(20-33)16-27(15-25)21-33/h7-12,18,23,25-27H,2-6,13-17,19-21H2,1H3. The molecule has 0 spiro atoms. The first-order valence-electron chi connectivity index (χ1n) is 14.1. The maximum atomic E-state index is 2.58. The third-order valence-electron chi connectivity index (χ3n) is 10.5. The van der Waals surface area contributed by atoms with Crippen LogP contribution in [0.5, 0.6) is 0 Å². The van der Waals surface area contributed by atoms with Crippen LogP contribution in [0.1, 0.15) is 99.3 Å². The predicted molar refractivity (Wildman–Crippen MR) is 139 cm³/mol. The summed E-state index contributed by atoms with van der Waals surface area (Å²) in [5, 5.41) is 0. The first kappa shape index (κ1) is 20.5. The van der Waals surface area contributed by atoms with Gasteiger partial charge >= 0.3 is 0 Å².